The Morgan fingerprint density at radius 1 is 0.222 bits per heavy atom. The lowest BCUT2D eigenvalue weighted by Gasteiger charge is -2.11. The van der Waals surface area contributed by atoms with E-state index in [-0.39, 0.29) is 0 Å². The first-order valence-corrected chi connectivity index (χ1v) is 19.9. The monoisotopic (exact) mass is 708 g/mol. The molecule has 9 aromatic rings. The van der Waals surface area contributed by atoms with Crippen molar-refractivity contribution in [3.8, 4) is 0 Å². The minimum absolute atomic E-state index is 1.34. The Kier molecular flexibility index (Phi) is 15.0. The van der Waals surface area contributed by atoms with Crippen molar-refractivity contribution < 1.29 is 0 Å². The van der Waals surface area contributed by atoms with Gasteiger partial charge in [0.25, 0.3) is 0 Å². The quantitative estimate of drug-likeness (QED) is 0.138. The van der Waals surface area contributed by atoms with E-state index in [1.807, 2.05) is 41.5 Å². The number of rotatable bonds is 0. The summed E-state index contributed by atoms with van der Waals surface area (Å²) in [6.07, 6.45) is 0. The summed E-state index contributed by atoms with van der Waals surface area (Å²) in [4.78, 5) is 0. The maximum Gasteiger partial charge on any atom is -0.0146 e. The van der Waals surface area contributed by atoms with Gasteiger partial charge in [-0.05, 0) is 158 Å². The average molecular weight is 709 g/mol. The molecule has 9 rings (SSSR count). The van der Waals surface area contributed by atoms with Crippen molar-refractivity contribution in [3.63, 3.8) is 0 Å². The number of hydrogen-bond donors (Lipinski definition) is 0. The van der Waals surface area contributed by atoms with Gasteiger partial charge in [-0.2, -0.15) is 0 Å². The maximum atomic E-state index is 2.30. The number of hydrogen-bond acceptors (Lipinski definition) is 0. The molecule has 0 aliphatic carbocycles. The zero-order valence-corrected chi connectivity index (χ0v) is 34.9. The van der Waals surface area contributed by atoms with Crippen LogP contribution in [-0.4, -0.2) is 0 Å². The summed E-state index contributed by atoms with van der Waals surface area (Å²) >= 11 is 0. The van der Waals surface area contributed by atoms with Crippen LogP contribution in [0.1, 0.15) is 74.9 Å². The van der Waals surface area contributed by atoms with Gasteiger partial charge in [0.15, 0.2) is 0 Å². The summed E-state index contributed by atoms with van der Waals surface area (Å²) in [5, 5.41) is 16.3. The first-order chi connectivity index (χ1) is 26.3. The van der Waals surface area contributed by atoms with Crippen LogP contribution < -0.4 is 0 Å². The third kappa shape index (κ3) is 8.67. The molecule has 0 bridgehead atoms. The van der Waals surface area contributed by atoms with Gasteiger partial charge >= 0.3 is 0 Å². The van der Waals surface area contributed by atoms with Crippen molar-refractivity contribution in [1.29, 1.82) is 0 Å². The van der Waals surface area contributed by atoms with Gasteiger partial charge in [0, 0.05) is 0 Å². The van der Waals surface area contributed by atoms with Crippen molar-refractivity contribution in [2.24, 2.45) is 0 Å². The van der Waals surface area contributed by atoms with Crippen LogP contribution in [0, 0.1) is 41.5 Å². The van der Waals surface area contributed by atoms with E-state index < -0.39 is 0 Å². The number of aryl methyl sites for hydroxylation is 6. The molecule has 0 N–H and O–H groups in total. The van der Waals surface area contributed by atoms with Crippen LogP contribution in [-0.2, 0) is 0 Å². The Morgan fingerprint density at radius 3 is 0.889 bits per heavy atom. The van der Waals surface area contributed by atoms with Gasteiger partial charge in [-0.15, -0.1) is 0 Å². The first kappa shape index (κ1) is 41.3. The van der Waals surface area contributed by atoms with E-state index in [0.717, 1.165) is 0 Å². The molecular formula is C54H60. The van der Waals surface area contributed by atoms with E-state index in [1.165, 1.54) is 98.0 Å². The Labute approximate surface area is 325 Å². The van der Waals surface area contributed by atoms with Gasteiger partial charge in [-0.1, -0.05) is 169 Å². The highest BCUT2D eigenvalue weighted by Gasteiger charge is 2.07. The molecule has 0 aliphatic heterocycles. The zero-order valence-electron chi connectivity index (χ0n) is 34.9. The lowest BCUT2D eigenvalue weighted by atomic mass is 9.93. The molecule has 0 aliphatic rings. The van der Waals surface area contributed by atoms with Crippen LogP contribution in [0.15, 0.2) is 146 Å². The van der Waals surface area contributed by atoms with Crippen LogP contribution in [0.4, 0.5) is 0 Å². The molecule has 0 radical (unpaired) electrons. The predicted molar refractivity (Wildman–Crippen MR) is 247 cm³/mol. The SMILES string of the molecule is CC.CC.CC.Cc1c2ccccc2c(C)c2ccccc12.Cc1cccc2c(C)c3ccccc3cc12.Cc1cccc2cc3c(C)cccc3cc12. The van der Waals surface area contributed by atoms with Gasteiger partial charge < -0.3 is 0 Å². The molecular weight excluding hydrogens is 649 g/mol. The summed E-state index contributed by atoms with van der Waals surface area (Å²) in [7, 11) is 0. The van der Waals surface area contributed by atoms with Gasteiger partial charge in [0.1, 0.15) is 0 Å². The fourth-order valence-corrected chi connectivity index (χ4v) is 7.39. The maximum absolute atomic E-state index is 2.30. The molecule has 276 valence electrons. The van der Waals surface area contributed by atoms with Crippen molar-refractivity contribution in [2.75, 3.05) is 0 Å². The fourth-order valence-electron chi connectivity index (χ4n) is 7.39. The Balaban J connectivity index is 0.000000169. The summed E-state index contributed by atoms with van der Waals surface area (Å²) in [5.74, 6) is 0. The molecule has 0 spiro atoms. The van der Waals surface area contributed by atoms with Crippen LogP contribution in [0.2, 0.25) is 0 Å². The van der Waals surface area contributed by atoms with E-state index in [0.29, 0.717) is 0 Å². The van der Waals surface area contributed by atoms with Gasteiger partial charge in [-0.3, -0.25) is 0 Å². The first-order valence-electron chi connectivity index (χ1n) is 19.9. The van der Waals surface area contributed by atoms with E-state index in [9.17, 15) is 0 Å². The van der Waals surface area contributed by atoms with Gasteiger partial charge in [0.2, 0.25) is 0 Å². The second-order valence-electron chi connectivity index (χ2n) is 13.2. The molecule has 54 heavy (non-hydrogen) atoms. The molecule has 0 saturated heterocycles. The van der Waals surface area contributed by atoms with Crippen LogP contribution in [0.3, 0.4) is 0 Å². The minimum Gasteiger partial charge on any atom is -0.0683 e. The van der Waals surface area contributed by atoms with Gasteiger partial charge in [0.05, 0.1) is 0 Å². The largest absolute Gasteiger partial charge is 0.0683 e. The Bertz CT molecular complexity index is 2390. The summed E-state index contributed by atoms with van der Waals surface area (Å²) in [5.41, 5.74) is 8.21. The molecule has 9 aromatic carbocycles. The minimum atomic E-state index is 1.34. The van der Waals surface area contributed by atoms with Crippen molar-refractivity contribution in [1.82, 2.24) is 0 Å². The van der Waals surface area contributed by atoms with Crippen LogP contribution in [0.5, 0.6) is 0 Å². The van der Waals surface area contributed by atoms with E-state index in [2.05, 4.69) is 187 Å². The van der Waals surface area contributed by atoms with E-state index in [1.54, 1.807) is 0 Å². The normalized spacial score (nSPS) is 10.2. The zero-order chi connectivity index (χ0) is 39.4. The molecule has 0 heteroatoms. The second kappa shape index (κ2) is 19.6. The molecule has 0 unspecified atom stereocenters. The average Bonchev–Trinajstić information content (AvgIpc) is 3.23. The van der Waals surface area contributed by atoms with Crippen LogP contribution >= 0.6 is 0 Å². The topological polar surface area (TPSA) is 0 Å². The lowest BCUT2D eigenvalue weighted by Crippen LogP contribution is -1.87. The Hall–Kier alpha value is -5.46. The lowest BCUT2D eigenvalue weighted by molar-refractivity contribution is 1.50. The molecule has 0 nitrogen and oxygen atoms in total. The summed E-state index contributed by atoms with van der Waals surface area (Å²) < 4.78 is 0. The van der Waals surface area contributed by atoms with E-state index in [4.69, 9.17) is 0 Å². The molecule has 0 saturated carbocycles. The third-order valence-electron chi connectivity index (χ3n) is 10.2. The summed E-state index contributed by atoms with van der Waals surface area (Å²) in [6, 6.07) is 52.3. The van der Waals surface area contributed by atoms with Crippen molar-refractivity contribution in [3.05, 3.63) is 179 Å². The highest BCUT2D eigenvalue weighted by atomic mass is 14.1. The standard InChI is InChI=1S/3C16H14.3C2H6/c1-11-5-3-7-13-10-16-12(2)6-4-8-14(16)9-15(11)13;1-11-13-7-3-5-9-15(13)12(2)16-10-6-4-8-14(11)16;1-11-6-5-9-15-12(2)14-8-4-3-7-13(14)10-16(11)15;3*1-2/h3*3-10H,1-2H3;3*1-2H3. The summed E-state index contributed by atoms with van der Waals surface area (Å²) in [6.45, 7) is 25.2. The molecule has 0 fully saturated rings. The van der Waals surface area contributed by atoms with Crippen LogP contribution in [0.25, 0.3) is 64.6 Å². The Morgan fingerprint density at radius 2 is 0.463 bits per heavy atom. The molecule has 0 aromatic heterocycles. The molecule has 0 amide bonds. The smallest absolute Gasteiger partial charge is 0.0146 e. The molecule has 0 atom stereocenters. The molecule has 0 heterocycles. The van der Waals surface area contributed by atoms with E-state index >= 15 is 0 Å². The number of benzene rings is 9. The fraction of sp³-hybridized carbons (Fsp3) is 0.222. The highest BCUT2D eigenvalue weighted by Crippen LogP contribution is 2.32. The van der Waals surface area contributed by atoms with Crippen molar-refractivity contribution >= 4 is 64.6 Å². The highest BCUT2D eigenvalue weighted by molar-refractivity contribution is 6.06. The van der Waals surface area contributed by atoms with Gasteiger partial charge in [-0.25, -0.2) is 0 Å². The second-order valence-corrected chi connectivity index (χ2v) is 13.2. The van der Waals surface area contributed by atoms with Crippen molar-refractivity contribution in [2.45, 2.75) is 83.1 Å². The third-order valence-corrected chi connectivity index (χ3v) is 10.2. The predicted octanol–water partition coefficient (Wildman–Crippen LogP) is 16.9. The number of fused-ring (bicyclic) bond motifs is 6.